The molecule has 1 aromatic carbocycles. The zero-order valence-electron chi connectivity index (χ0n) is 9.77. The van der Waals surface area contributed by atoms with Crippen LogP contribution in [0.4, 0.5) is 4.39 Å². The molecule has 90 valence electrons. The van der Waals surface area contributed by atoms with Crippen molar-refractivity contribution < 1.29 is 8.81 Å². The summed E-state index contributed by atoms with van der Waals surface area (Å²) in [5, 5.41) is 10.8. The van der Waals surface area contributed by atoms with E-state index < -0.39 is 0 Å². The smallest absolute Gasteiger partial charge is 0.230 e. The number of rotatable bonds is 4. The Morgan fingerprint density at radius 3 is 2.88 bits per heavy atom. The van der Waals surface area contributed by atoms with Gasteiger partial charge in [-0.05, 0) is 24.6 Å². The van der Waals surface area contributed by atoms with Crippen molar-refractivity contribution in [2.24, 2.45) is 0 Å². The van der Waals surface area contributed by atoms with E-state index in [1.165, 1.54) is 12.1 Å². The van der Waals surface area contributed by atoms with Crippen LogP contribution in [0.15, 0.2) is 28.7 Å². The van der Waals surface area contributed by atoms with Gasteiger partial charge in [0.1, 0.15) is 5.82 Å². The van der Waals surface area contributed by atoms with Gasteiger partial charge in [0, 0.05) is 13.0 Å². The lowest BCUT2D eigenvalue weighted by Crippen LogP contribution is -2.18. The Kier molecular flexibility index (Phi) is 3.49. The first kappa shape index (κ1) is 11.7. The van der Waals surface area contributed by atoms with Crippen molar-refractivity contribution in [3.8, 4) is 0 Å². The van der Waals surface area contributed by atoms with Gasteiger partial charge in [-0.25, -0.2) is 4.39 Å². The second-order valence-electron chi connectivity index (χ2n) is 3.87. The maximum atomic E-state index is 13.0. The Morgan fingerprint density at radius 2 is 2.24 bits per heavy atom. The zero-order valence-corrected chi connectivity index (χ0v) is 9.77. The molecule has 1 N–H and O–H groups in total. The maximum Gasteiger partial charge on any atom is 0.230 e. The lowest BCUT2D eigenvalue weighted by molar-refractivity contribution is 0.430. The van der Waals surface area contributed by atoms with E-state index in [2.05, 4.69) is 15.5 Å². The minimum atomic E-state index is -0.232. The molecule has 2 aromatic rings. The van der Waals surface area contributed by atoms with Crippen LogP contribution >= 0.6 is 0 Å². The van der Waals surface area contributed by atoms with Crippen molar-refractivity contribution in [3.05, 3.63) is 47.4 Å². The van der Waals surface area contributed by atoms with E-state index in [1.54, 1.807) is 13.0 Å². The van der Waals surface area contributed by atoms with E-state index >= 15 is 0 Å². The highest BCUT2D eigenvalue weighted by molar-refractivity contribution is 5.19. The van der Waals surface area contributed by atoms with E-state index in [-0.39, 0.29) is 11.9 Å². The molecule has 0 aliphatic rings. The van der Waals surface area contributed by atoms with Crippen LogP contribution in [0.1, 0.15) is 30.3 Å². The van der Waals surface area contributed by atoms with Crippen LogP contribution in [0.3, 0.4) is 0 Å². The summed E-state index contributed by atoms with van der Waals surface area (Å²) in [6.45, 7) is 4.17. The van der Waals surface area contributed by atoms with Gasteiger partial charge >= 0.3 is 0 Å². The largest absolute Gasteiger partial charge is 0.424 e. The van der Waals surface area contributed by atoms with Gasteiger partial charge in [0.15, 0.2) is 0 Å². The third-order valence-electron chi connectivity index (χ3n) is 2.48. The van der Waals surface area contributed by atoms with Crippen LogP contribution in [-0.4, -0.2) is 10.2 Å². The summed E-state index contributed by atoms with van der Waals surface area (Å²) >= 11 is 0. The Morgan fingerprint density at radius 1 is 1.41 bits per heavy atom. The zero-order chi connectivity index (χ0) is 12.3. The van der Waals surface area contributed by atoms with Crippen molar-refractivity contribution in [2.45, 2.75) is 26.4 Å². The molecule has 1 atom stereocenters. The molecule has 0 saturated carbocycles. The molecular formula is C12H14FN3O. The van der Waals surface area contributed by atoms with Crippen molar-refractivity contribution >= 4 is 0 Å². The van der Waals surface area contributed by atoms with E-state index in [0.29, 0.717) is 18.3 Å². The second-order valence-corrected chi connectivity index (χ2v) is 3.87. The average Bonchev–Trinajstić information content (AvgIpc) is 2.72. The molecule has 0 radical (unpaired) electrons. The molecule has 0 aliphatic carbocycles. The highest BCUT2D eigenvalue weighted by Crippen LogP contribution is 2.13. The number of hydrogen-bond acceptors (Lipinski definition) is 4. The normalized spacial score (nSPS) is 12.6. The van der Waals surface area contributed by atoms with Gasteiger partial charge in [-0.3, -0.25) is 0 Å². The number of aryl methyl sites for hydroxylation is 1. The third-order valence-corrected chi connectivity index (χ3v) is 2.48. The quantitative estimate of drug-likeness (QED) is 0.883. The van der Waals surface area contributed by atoms with Crippen LogP contribution in [0.5, 0.6) is 0 Å². The molecule has 0 bridgehead atoms. The first-order valence-corrected chi connectivity index (χ1v) is 5.43. The highest BCUT2D eigenvalue weighted by Gasteiger charge is 2.08. The van der Waals surface area contributed by atoms with Gasteiger partial charge in [0.25, 0.3) is 0 Å². The fourth-order valence-corrected chi connectivity index (χ4v) is 1.54. The van der Waals surface area contributed by atoms with Crippen LogP contribution in [0, 0.1) is 12.7 Å². The Hall–Kier alpha value is -1.75. The van der Waals surface area contributed by atoms with Crippen molar-refractivity contribution in [2.75, 3.05) is 0 Å². The fraction of sp³-hybridized carbons (Fsp3) is 0.333. The van der Waals surface area contributed by atoms with E-state index in [1.807, 2.05) is 13.0 Å². The number of nitrogens with one attached hydrogen (secondary N) is 1. The lowest BCUT2D eigenvalue weighted by atomic mass is 10.1. The topological polar surface area (TPSA) is 51.0 Å². The molecule has 0 aliphatic heterocycles. The van der Waals surface area contributed by atoms with E-state index in [0.717, 1.165) is 5.56 Å². The second kappa shape index (κ2) is 5.05. The SMILES string of the molecule is Cc1nnc(CNC(C)c2cccc(F)c2)o1. The number of aromatic nitrogens is 2. The number of nitrogens with zero attached hydrogens (tertiary/aromatic N) is 2. The fourth-order valence-electron chi connectivity index (χ4n) is 1.54. The molecule has 2 rings (SSSR count). The van der Waals surface area contributed by atoms with Crippen LogP contribution in [-0.2, 0) is 6.54 Å². The van der Waals surface area contributed by atoms with E-state index in [4.69, 9.17) is 4.42 Å². The maximum absolute atomic E-state index is 13.0. The van der Waals surface area contributed by atoms with Crippen LogP contribution in [0.2, 0.25) is 0 Å². The summed E-state index contributed by atoms with van der Waals surface area (Å²) in [4.78, 5) is 0. The first-order valence-electron chi connectivity index (χ1n) is 5.43. The van der Waals surface area contributed by atoms with Gasteiger partial charge in [-0.1, -0.05) is 12.1 Å². The summed E-state index contributed by atoms with van der Waals surface area (Å²) in [6.07, 6.45) is 0. The Bertz CT molecular complexity index is 498. The van der Waals surface area contributed by atoms with Gasteiger partial charge in [0.05, 0.1) is 6.54 Å². The summed E-state index contributed by atoms with van der Waals surface area (Å²) in [7, 11) is 0. The van der Waals surface area contributed by atoms with Crippen LogP contribution in [0.25, 0.3) is 0 Å². The minimum absolute atomic E-state index is 0.0258. The number of hydrogen-bond donors (Lipinski definition) is 1. The molecule has 0 fully saturated rings. The summed E-state index contributed by atoms with van der Waals surface area (Å²) in [5.74, 6) is 0.843. The molecule has 5 heteroatoms. The molecule has 1 heterocycles. The van der Waals surface area contributed by atoms with Crippen molar-refractivity contribution in [1.29, 1.82) is 0 Å². The molecule has 0 amide bonds. The molecule has 1 unspecified atom stereocenters. The average molecular weight is 235 g/mol. The van der Waals surface area contributed by atoms with Crippen LogP contribution < -0.4 is 5.32 Å². The molecule has 1 aromatic heterocycles. The van der Waals surface area contributed by atoms with Crippen molar-refractivity contribution in [1.82, 2.24) is 15.5 Å². The van der Waals surface area contributed by atoms with Gasteiger partial charge in [-0.15, -0.1) is 10.2 Å². The predicted octanol–water partition coefficient (Wildman–Crippen LogP) is 2.37. The summed E-state index contributed by atoms with van der Waals surface area (Å²) in [5.41, 5.74) is 0.890. The van der Waals surface area contributed by atoms with Crippen molar-refractivity contribution in [3.63, 3.8) is 0 Å². The Balaban J connectivity index is 1.95. The molecule has 17 heavy (non-hydrogen) atoms. The number of benzene rings is 1. The van der Waals surface area contributed by atoms with E-state index in [9.17, 15) is 4.39 Å². The first-order chi connectivity index (χ1) is 8.15. The molecule has 0 saturated heterocycles. The monoisotopic (exact) mass is 235 g/mol. The standard InChI is InChI=1S/C12H14FN3O/c1-8(10-4-3-5-11(13)6-10)14-7-12-16-15-9(2)17-12/h3-6,8,14H,7H2,1-2H3. The number of halogens is 1. The predicted molar refractivity (Wildman–Crippen MR) is 60.7 cm³/mol. The third kappa shape index (κ3) is 3.10. The minimum Gasteiger partial charge on any atom is -0.424 e. The molecule has 0 spiro atoms. The summed E-state index contributed by atoms with van der Waals surface area (Å²) < 4.78 is 18.3. The molecule has 4 nitrogen and oxygen atoms in total. The van der Waals surface area contributed by atoms with Gasteiger partial charge in [0.2, 0.25) is 11.8 Å². The lowest BCUT2D eigenvalue weighted by Gasteiger charge is -2.12. The van der Waals surface area contributed by atoms with Gasteiger partial charge < -0.3 is 9.73 Å². The van der Waals surface area contributed by atoms with Gasteiger partial charge in [-0.2, -0.15) is 0 Å². The Labute approximate surface area is 98.9 Å². The summed E-state index contributed by atoms with van der Waals surface area (Å²) in [6, 6.07) is 6.53. The highest BCUT2D eigenvalue weighted by atomic mass is 19.1. The molecular weight excluding hydrogens is 221 g/mol.